The number of anilines is 2. The van der Waals surface area contributed by atoms with Crippen LogP contribution in [0.25, 0.3) is 11.3 Å². The number of nitrogens with zero attached hydrogens (tertiary/aromatic N) is 2. The molecule has 3 rings (SSSR count). The first-order chi connectivity index (χ1) is 10.6. The number of carbonyl (C=O) groups is 1. The number of hydrogen-bond acceptors (Lipinski definition) is 7. The van der Waals surface area contributed by atoms with E-state index in [1.165, 1.54) is 18.4 Å². The van der Waals surface area contributed by atoms with Crippen LogP contribution in [0.2, 0.25) is 0 Å². The number of fused-ring (bicyclic) bond motifs is 1. The summed E-state index contributed by atoms with van der Waals surface area (Å²) < 4.78 is 10.4. The average Bonchev–Trinajstić information content (AvgIpc) is 2.85. The summed E-state index contributed by atoms with van der Waals surface area (Å²) >= 11 is 1.46. The molecule has 2 aromatic rings. The zero-order valence-electron chi connectivity index (χ0n) is 12.5. The van der Waals surface area contributed by atoms with Crippen molar-refractivity contribution < 1.29 is 14.3 Å². The maximum atomic E-state index is 11.6. The van der Waals surface area contributed by atoms with Crippen molar-refractivity contribution >= 4 is 28.1 Å². The maximum absolute atomic E-state index is 11.6. The van der Waals surface area contributed by atoms with Gasteiger partial charge in [-0.25, -0.2) is 4.98 Å². The molecule has 0 unspecified atom stereocenters. The zero-order valence-corrected chi connectivity index (χ0v) is 13.3. The van der Waals surface area contributed by atoms with Crippen LogP contribution in [0, 0.1) is 6.92 Å². The van der Waals surface area contributed by atoms with Gasteiger partial charge in [-0.05, 0) is 25.1 Å². The molecule has 0 bridgehead atoms. The van der Waals surface area contributed by atoms with E-state index in [0.717, 1.165) is 27.6 Å². The number of aromatic nitrogens is 1. The maximum Gasteiger partial charge on any atom is 0.325 e. The number of esters is 1. The van der Waals surface area contributed by atoms with Gasteiger partial charge in [0.15, 0.2) is 5.13 Å². The van der Waals surface area contributed by atoms with Crippen molar-refractivity contribution in [3.8, 4) is 17.0 Å². The Kier molecular flexibility index (Phi) is 3.89. The van der Waals surface area contributed by atoms with Gasteiger partial charge in [-0.15, -0.1) is 11.3 Å². The molecule has 1 aliphatic rings. The quantitative estimate of drug-likeness (QED) is 0.873. The lowest BCUT2D eigenvalue weighted by Crippen LogP contribution is -2.37. The molecule has 1 aromatic heterocycles. The Balaban J connectivity index is 1.98. The first kappa shape index (κ1) is 14.6. The third-order valence-electron chi connectivity index (χ3n) is 3.55. The molecule has 22 heavy (non-hydrogen) atoms. The van der Waals surface area contributed by atoms with Crippen molar-refractivity contribution in [3.63, 3.8) is 0 Å². The topological polar surface area (TPSA) is 77.7 Å². The van der Waals surface area contributed by atoms with E-state index in [9.17, 15) is 4.79 Å². The van der Waals surface area contributed by atoms with E-state index < -0.39 is 0 Å². The number of nitrogens with two attached hydrogens (primary N) is 1. The second kappa shape index (κ2) is 5.84. The lowest BCUT2D eigenvalue weighted by molar-refractivity contribution is -0.139. The molecular formula is C15H17N3O3S. The molecule has 1 aromatic carbocycles. The molecule has 1 aliphatic heterocycles. The van der Waals surface area contributed by atoms with E-state index in [1.807, 2.05) is 30.0 Å². The monoisotopic (exact) mass is 319 g/mol. The Morgan fingerprint density at radius 2 is 2.36 bits per heavy atom. The minimum absolute atomic E-state index is 0.203. The van der Waals surface area contributed by atoms with Gasteiger partial charge in [0, 0.05) is 10.4 Å². The molecule has 116 valence electrons. The number of carbonyl (C=O) groups excluding carboxylic acids is 1. The molecule has 0 fully saturated rings. The Morgan fingerprint density at radius 3 is 3.05 bits per heavy atom. The van der Waals surface area contributed by atoms with Crippen LogP contribution in [0.15, 0.2) is 18.2 Å². The molecular weight excluding hydrogens is 302 g/mol. The first-order valence-electron chi connectivity index (χ1n) is 6.90. The van der Waals surface area contributed by atoms with Crippen molar-refractivity contribution in [2.75, 3.05) is 37.4 Å². The molecule has 6 nitrogen and oxygen atoms in total. The second-order valence-electron chi connectivity index (χ2n) is 4.99. The Labute approximate surface area is 132 Å². The van der Waals surface area contributed by atoms with Crippen LogP contribution in [0.1, 0.15) is 4.88 Å². The number of ether oxygens (including phenoxy) is 2. The Morgan fingerprint density at radius 1 is 1.55 bits per heavy atom. The molecule has 0 amide bonds. The van der Waals surface area contributed by atoms with Gasteiger partial charge in [-0.1, -0.05) is 0 Å². The van der Waals surface area contributed by atoms with E-state index in [-0.39, 0.29) is 12.5 Å². The highest BCUT2D eigenvalue weighted by atomic mass is 32.1. The van der Waals surface area contributed by atoms with Gasteiger partial charge in [0.05, 0.1) is 25.0 Å². The fourth-order valence-electron chi connectivity index (χ4n) is 2.49. The SMILES string of the molecule is COC(=O)CN1CCOc2ccc(-c3nc(N)sc3C)cc21. The van der Waals surface area contributed by atoms with E-state index in [2.05, 4.69) is 4.98 Å². The fourth-order valence-corrected chi connectivity index (χ4v) is 3.20. The lowest BCUT2D eigenvalue weighted by atomic mass is 10.1. The summed E-state index contributed by atoms with van der Waals surface area (Å²) in [5.74, 6) is 0.493. The highest BCUT2D eigenvalue weighted by Gasteiger charge is 2.22. The number of benzene rings is 1. The lowest BCUT2D eigenvalue weighted by Gasteiger charge is -2.30. The van der Waals surface area contributed by atoms with Crippen molar-refractivity contribution in [1.82, 2.24) is 4.98 Å². The zero-order chi connectivity index (χ0) is 15.7. The number of hydrogen-bond donors (Lipinski definition) is 1. The van der Waals surface area contributed by atoms with Crippen molar-refractivity contribution in [1.29, 1.82) is 0 Å². The van der Waals surface area contributed by atoms with Crippen LogP contribution in [0.4, 0.5) is 10.8 Å². The number of rotatable bonds is 3. The summed E-state index contributed by atoms with van der Waals surface area (Å²) in [4.78, 5) is 19.0. The molecule has 7 heteroatoms. The van der Waals surface area contributed by atoms with Crippen LogP contribution in [-0.4, -0.2) is 37.8 Å². The van der Waals surface area contributed by atoms with E-state index >= 15 is 0 Å². The van der Waals surface area contributed by atoms with Crippen molar-refractivity contribution in [2.24, 2.45) is 0 Å². The summed E-state index contributed by atoms with van der Waals surface area (Å²) in [6, 6.07) is 5.85. The molecule has 0 saturated heterocycles. The summed E-state index contributed by atoms with van der Waals surface area (Å²) in [6.45, 7) is 3.38. The summed E-state index contributed by atoms with van der Waals surface area (Å²) in [5, 5.41) is 0.549. The number of methoxy groups -OCH3 is 1. The minimum Gasteiger partial charge on any atom is -0.490 e. The standard InChI is InChI=1S/C15H17N3O3S/c1-9-14(17-15(16)22-9)10-3-4-12-11(7-10)18(5-6-21-12)8-13(19)20-2/h3-4,7H,5-6,8H2,1-2H3,(H2,16,17). The molecule has 2 heterocycles. The number of aryl methyl sites for hydroxylation is 1. The molecule has 0 saturated carbocycles. The first-order valence-corrected chi connectivity index (χ1v) is 7.72. The van der Waals surface area contributed by atoms with Gasteiger partial charge in [-0.2, -0.15) is 0 Å². The molecule has 0 atom stereocenters. The third kappa shape index (κ3) is 2.71. The smallest absolute Gasteiger partial charge is 0.325 e. The number of thiazole rings is 1. The predicted octanol–water partition coefficient (Wildman–Crippen LogP) is 2.07. The average molecular weight is 319 g/mol. The molecule has 2 N–H and O–H groups in total. The van der Waals surface area contributed by atoms with Crippen LogP contribution in [0.3, 0.4) is 0 Å². The minimum atomic E-state index is -0.271. The van der Waals surface area contributed by atoms with E-state index in [1.54, 1.807) is 0 Å². The summed E-state index contributed by atoms with van der Waals surface area (Å²) in [5.41, 5.74) is 8.48. The fraction of sp³-hybridized carbons (Fsp3) is 0.333. The largest absolute Gasteiger partial charge is 0.490 e. The van der Waals surface area contributed by atoms with E-state index in [4.69, 9.17) is 15.2 Å². The van der Waals surface area contributed by atoms with E-state index in [0.29, 0.717) is 18.3 Å². The molecule has 0 aliphatic carbocycles. The van der Waals surface area contributed by atoms with Crippen molar-refractivity contribution in [3.05, 3.63) is 23.1 Å². The predicted molar refractivity (Wildman–Crippen MR) is 86.4 cm³/mol. The van der Waals surface area contributed by atoms with Gasteiger partial charge < -0.3 is 20.1 Å². The van der Waals surface area contributed by atoms with Gasteiger partial charge in [0.25, 0.3) is 0 Å². The summed E-state index contributed by atoms with van der Waals surface area (Å²) in [6.07, 6.45) is 0. The Bertz CT molecular complexity index is 714. The number of nitrogen functional groups attached to an aromatic ring is 1. The molecule has 0 radical (unpaired) electrons. The van der Waals surface area contributed by atoms with Crippen molar-refractivity contribution in [2.45, 2.75) is 6.92 Å². The highest BCUT2D eigenvalue weighted by Crippen LogP contribution is 2.37. The normalized spacial score (nSPS) is 13.5. The molecule has 0 spiro atoms. The van der Waals surface area contributed by atoms with Gasteiger partial charge in [-0.3, -0.25) is 4.79 Å². The second-order valence-corrected chi connectivity index (χ2v) is 6.22. The summed E-state index contributed by atoms with van der Waals surface area (Å²) in [7, 11) is 1.39. The van der Waals surface area contributed by atoms with Crippen LogP contribution in [-0.2, 0) is 9.53 Å². The van der Waals surface area contributed by atoms with Crippen LogP contribution in [0.5, 0.6) is 5.75 Å². The Hall–Kier alpha value is -2.28. The van der Waals surface area contributed by atoms with Crippen LogP contribution < -0.4 is 15.4 Å². The third-order valence-corrected chi connectivity index (χ3v) is 4.35. The van der Waals surface area contributed by atoms with Gasteiger partial charge in [0.2, 0.25) is 0 Å². The highest BCUT2D eigenvalue weighted by molar-refractivity contribution is 7.15. The van der Waals surface area contributed by atoms with Gasteiger partial charge in [0.1, 0.15) is 18.9 Å². The van der Waals surface area contributed by atoms with Gasteiger partial charge >= 0.3 is 5.97 Å². The van der Waals surface area contributed by atoms with Crippen LogP contribution >= 0.6 is 11.3 Å².